The predicted octanol–water partition coefficient (Wildman–Crippen LogP) is 7.99. The number of fused-ring (bicyclic) bond motifs is 2. The van der Waals surface area contributed by atoms with Gasteiger partial charge < -0.3 is 15.2 Å². The van der Waals surface area contributed by atoms with Gasteiger partial charge in [-0.2, -0.15) is 0 Å². The van der Waals surface area contributed by atoms with Gasteiger partial charge in [-0.15, -0.1) is 22.7 Å². The van der Waals surface area contributed by atoms with Crippen LogP contribution in [0.5, 0.6) is 11.5 Å². The molecule has 3 N–H and O–H groups in total. The molecule has 0 atom stereocenters. The Morgan fingerprint density at radius 1 is 0.735 bits per heavy atom. The van der Waals surface area contributed by atoms with Gasteiger partial charge in [0.25, 0.3) is 11.8 Å². The number of nitrogens with zero attached hydrogens (tertiary/aromatic N) is 2. The highest BCUT2D eigenvalue weighted by atomic mass is 35.5. The minimum atomic E-state index is -1.19. The summed E-state index contributed by atoms with van der Waals surface area (Å²) >= 11 is 14.5. The van der Waals surface area contributed by atoms with Crippen molar-refractivity contribution >= 4 is 84.0 Å². The van der Waals surface area contributed by atoms with Crippen molar-refractivity contribution in [2.75, 3.05) is 0 Å². The van der Waals surface area contributed by atoms with Crippen LogP contribution in [0.4, 0.5) is 17.6 Å². The average Bonchev–Trinajstić information content (AvgIpc) is 3.62. The third-order valence-corrected chi connectivity index (χ3v) is 8.85. The van der Waals surface area contributed by atoms with E-state index in [9.17, 15) is 31.9 Å². The van der Waals surface area contributed by atoms with Gasteiger partial charge in [-0.05, 0) is 60.7 Å². The number of thiazole rings is 2. The minimum Gasteiger partial charge on any atom is -0.483 e. The van der Waals surface area contributed by atoms with Crippen LogP contribution >= 0.6 is 45.9 Å². The van der Waals surface area contributed by atoms with Crippen LogP contribution in [-0.4, -0.2) is 27.7 Å². The van der Waals surface area contributed by atoms with Crippen molar-refractivity contribution in [2.45, 2.75) is 20.1 Å². The molecule has 0 fully saturated rings. The summed E-state index contributed by atoms with van der Waals surface area (Å²) < 4.78 is 68.1. The average molecular weight is 752 g/mol. The lowest BCUT2D eigenvalue weighted by Crippen LogP contribution is -2.29. The number of amides is 3. The molecule has 3 amide bonds. The number of imide groups is 1. The van der Waals surface area contributed by atoms with E-state index in [2.05, 4.69) is 9.97 Å². The number of primary amides is 1. The maximum atomic E-state index is 14.4. The van der Waals surface area contributed by atoms with E-state index in [-0.39, 0.29) is 24.7 Å². The molecule has 0 aliphatic heterocycles. The van der Waals surface area contributed by atoms with Crippen LogP contribution in [0.1, 0.15) is 37.7 Å². The summed E-state index contributed by atoms with van der Waals surface area (Å²) in [7, 11) is 0. The number of rotatable bonds is 8. The third-order valence-electron chi connectivity index (χ3n) is 6.36. The second kappa shape index (κ2) is 15.2. The SMILES string of the molecule is CC(=O)NC(=O)c1c(F)ccc(OCc2nc3cc(Cl)ccc3s2)c1F.NC(=O)c1c(F)ccc(OCc2nc3cc(Cl)ccc3s2)c1F. The number of hydrogen-bond acceptors (Lipinski definition) is 9. The Morgan fingerprint density at radius 3 is 1.63 bits per heavy atom. The van der Waals surface area contributed by atoms with Gasteiger partial charge in [0.05, 0.1) is 20.4 Å². The highest BCUT2D eigenvalue weighted by Crippen LogP contribution is 2.29. The Labute approximate surface area is 292 Å². The zero-order valence-electron chi connectivity index (χ0n) is 24.8. The molecular weight excluding hydrogens is 731 g/mol. The minimum absolute atomic E-state index is 0.0300. The quantitative estimate of drug-likeness (QED) is 0.151. The molecule has 0 bridgehead atoms. The summed E-state index contributed by atoms with van der Waals surface area (Å²) in [4.78, 5) is 42.4. The fraction of sp³-hybridized carbons (Fsp3) is 0.0938. The smallest absolute Gasteiger partial charge is 0.263 e. The van der Waals surface area contributed by atoms with Crippen molar-refractivity contribution in [3.63, 3.8) is 0 Å². The maximum Gasteiger partial charge on any atom is 0.263 e. The van der Waals surface area contributed by atoms with Gasteiger partial charge in [-0.25, -0.2) is 27.5 Å². The zero-order valence-corrected chi connectivity index (χ0v) is 27.9. The van der Waals surface area contributed by atoms with E-state index in [0.29, 0.717) is 31.1 Å². The number of aromatic nitrogens is 2. The number of halogens is 6. The number of hydrogen-bond donors (Lipinski definition) is 2. The number of carbonyl (C=O) groups is 3. The van der Waals surface area contributed by atoms with E-state index in [1.54, 1.807) is 24.3 Å². The number of benzene rings is 4. The topological polar surface area (TPSA) is 134 Å². The van der Waals surface area contributed by atoms with Crippen molar-refractivity contribution in [2.24, 2.45) is 5.73 Å². The van der Waals surface area contributed by atoms with Crippen LogP contribution in [-0.2, 0) is 18.0 Å². The molecule has 49 heavy (non-hydrogen) atoms. The first-order valence-electron chi connectivity index (χ1n) is 13.7. The van der Waals surface area contributed by atoms with Crippen molar-refractivity contribution in [1.82, 2.24) is 15.3 Å². The highest BCUT2D eigenvalue weighted by molar-refractivity contribution is 7.18. The van der Waals surface area contributed by atoms with E-state index < -0.39 is 52.1 Å². The van der Waals surface area contributed by atoms with E-state index in [1.807, 2.05) is 17.4 Å². The van der Waals surface area contributed by atoms with Gasteiger partial charge in [0, 0.05) is 17.0 Å². The Balaban J connectivity index is 0.000000192. The maximum absolute atomic E-state index is 14.4. The first-order chi connectivity index (χ1) is 23.3. The lowest BCUT2D eigenvalue weighted by atomic mass is 10.1. The summed E-state index contributed by atoms with van der Waals surface area (Å²) in [5.41, 5.74) is 4.65. The normalized spacial score (nSPS) is 10.8. The largest absolute Gasteiger partial charge is 0.483 e. The lowest BCUT2D eigenvalue weighted by molar-refractivity contribution is -0.118. The Bertz CT molecular complexity index is 2250. The molecule has 17 heteroatoms. The van der Waals surface area contributed by atoms with Crippen LogP contribution in [0.15, 0.2) is 60.7 Å². The third kappa shape index (κ3) is 8.43. The molecule has 0 spiro atoms. The second-order valence-corrected chi connectivity index (χ2v) is 13.0. The van der Waals surface area contributed by atoms with E-state index >= 15 is 0 Å². The molecule has 0 unspecified atom stereocenters. The van der Waals surface area contributed by atoms with Crippen LogP contribution < -0.4 is 20.5 Å². The van der Waals surface area contributed by atoms with Crippen LogP contribution in [0.2, 0.25) is 10.0 Å². The molecule has 0 saturated carbocycles. The first kappa shape index (κ1) is 35.5. The van der Waals surface area contributed by atoms with Crippen LogP contribution in [0.3, 0.4) is 0 Å². The molecule has 2 aromatic heterocycles. The van der Waals surface area contributed by atoms with Gasteiger partial charge in [0.15, 0.2) is 23.1 Å². The summed E-state index contributed by atoms with van der Waals surface area (Å²) in [5, 5.41) is 4.08. The Hall–Kier alpha value is -4.83. The van der Waals surface area contributed by atoms with Gasteiger partial charge in [0.1, 0.15) is 46.0 Å². The first-order valence-corrected chi connectivity index (χ1v) is 16.1. The lowest BCUT2D eigenvalue weighted by Gasteiger charge is -2.09. The van der Waals surface area contributed by atoms with Gasteiger partial charge in [-0.3, -0.25) is 19.7 Å². The monoisotopic (exact) mass is 750 g/mol. The van der Waals surface area contributed by atoms with Gasteiger partial charge in [-0.1, -0.05) is 23.2 Å². The summed E-state index contributed by atoms with van der Waals surface area (Å²) in [5.74, 6) is -8.12. The number of nitrogens with one attached hydrogen (secondary N) is 1. The molecule has 252 valence electrons. The van der Waals surface area contributed by atoms with Crippen molar-refractivity contribution in [3.05, 3.63) is 115 Å². The molecule has 9 nitrogen and oxygen atoms in total. The molecular formula is C32H20Cl2F4N4O5S2. The molecule has 0 saturated heterocycles. The Kier molecular flexibility index (Phi) is 11.0. The van der Waals surface area contributed by atoms with Gasteiger partial charge >= 0.3 is 0 Å². The molecule has 2 heterocycles. The van der Waals surface area contributed by atoms with E-state index in [0.717, 1.165) is 40.6 Å². The Morgan fingerprint density at radius 2 is 1.18 bits per heavy atom. The fourth-order valence-electron chi connectivity index (χ4n) is 4.25. The number of nitrogens with two attached hydrogens (primary N) is 1. The van der Waals surface area contributed by atoms with Crippen molar-refractivity contribution < 1.29 is 41.4 Å². The summed E-state index contributed by atoms with van der Waals surface area (Å²) in [6, 6.07) is 14.5. The molecule has 4 aromatic carbocycles. The van der Waals surface area contributed by atoms with Crippen molar-refractivity contribution in [1.29, 1.82) is 0 Å². The number of ether oxygens (including phenoxy) is 2. The van der Waals surface area contributed by atoms with E-state index in [4.69, 9.17) is 38.4 Å². The van der Waals surface area contributed by atoms with Crippen LogP contribution in [0, 0.1) is 23.3 Å². The molecule has 0 aliphatic carbocycles. The predicted molar refractivity (Wildman–Crippen MR) is 177 cm³/mol. The second-order valence-electron chi connectivity index (χ2n) is 9.86. The summed E-state index contributed by atoms with van der Waals surface area (Å²) in [6.45, 7) is 0.957. The summed E-state index contributed by atoms with van der Waals surface area (Å²) in [6.07, 6.45) is 0. The fourth-order valence-corrected chi connectivity index (χ4v) is 6.30. The standard InChI is InChI=1S/C17H11ClF2N2O3S.C15H9ClF2N2O2S/c1-8(23)21-17(24)15-10(19)3-4-12(16(15)20)25-7-14-22-11-6-9(18)2-5-13(11)26-14;16-7-1-4-11-9(5-7)20-12(23-11)6-22-10-3-2-8(17)13(14(10)18)15(19)21/h2-6H,7H2,1H3,(H,21,23,24);1-5H,6H2,(H2,19,21). The van der Waals surface area contributed by atoms with Gasteiger partial charge in [0.2, 0.25) is 5.91 Å². The zero-order chi connectivity index (χ0) is 35.4. The molecule has 6 aromatic rings. The van der Waals surface area contributed by atoms with E-state index in [1.165, 1.54) is 22.7 Å². The molecule has 0 radical (unpaired) electrons. The number of carbonyl (C=O) groups excluding carboxylic acids is 3. The van der Waals surface area contributed by atoms with Crippen molar-refractivity contribution in [3.8, 4) is 11.5 Å². The molecule has 0 aliphatic rings. The molecule has 6 rings (SSSR count). The highest BCUT2D eigenvalue weighted by Gasteiger charge is 2.23. The van der Waals surface area contributed by atoms with Crippen LogP contribution in [0.25, 0.3) is 20.4 Å².